The number of carbonyl (C=O) groups excluding carboxylic acids is 2. The van der Waals surface area contributed by atoms with Crippen LogP contribution in [0.2, 0.25) is 0 Å². The van der Waals surface area contributed by atoms with Crippen molar-refractivity contribution in [1.82, 2.24) is 10.2 Å². The normalized spacial score (nSPS) is 15.0. The monoisotopic (exact) mass is 372 g/mol. The molecule has 0 aliphatic carbocycles. The summed E-state index contributed by atoms with van der Waals surface area (Å²) in [6.45, 7) is 3.35. The Hall–Kier alpha value is -2.21. The third kappa shape index (κ3) is 5.14. The largest absolute Gasteiger partial charge is 0.459 e. The first kappa shape index (κ1) is 18.6. The highest BCUT2D eigenvalue weighted by atomic mass is 32.2. The summed E-state index contributed by atoms with van der Waals surface area (Å²) in [5.74, 6) is 1.66. The van der Waals surface area contributed by atoms with Gasteiger partial charge in [0.05, 0.1) is 12.0 Å². The fraction of sp³-hybridized carbons (Fsp3) is 0.400. The van der Waals surface area contributed by atoms with E-state index in [4.69, 9.17) is 4.42 Å². The Morgan fingerprint density at radius 2 is 2.04 bits per heavy atom. The second-order valence-corrected chi connectivity index (χ2v) is 7.58. The molecule has 1 N–H and O–H groups in total. The number of nitrogens with zero attached hydrogens (tertiary/aromatic N) is 1. The van der Waals surface area contributed by atoms with E-state index in [1.54, 1.807) is 28.8 Å². The van der Waals surface area contributed by atoms with Crippen molar-refractivity contribution in [1.29, 1.82) is 0 Å². The lowest BCUT2D eigenvalue weighted by molar-refractivity contribution is -0.119. The van der Waals surface area contributed by atoms with E-state index in [0.717, 1.165) is 18.6 Å². The van der Waals surface area contributed by atoms with Gasteiger partial charge in [0, 0.05) is 24.9 Å². The number of thioether (sulfide) groups is 1. The Balaban J connectivity index is 1.36. The third-order valence-corrected chi connectivity index (χ3v) is 5.47. The van der Waals surface area contributed by atoms with Gasteiger partial charge in [-0.2, -0.15) is 0 Å². The number of piperidine rings is 1. The van der Waals surface area contributed by atoms with Crippen molar-refractivity contribution in [2.75, 3.05) is 18.8 Å². The van der Waals surface area contributed by atoms with E-state index in [1.165, 1.54) is 17.4 Å². The molecule has 2 aromatic rings. The van der Waals surface area contributed by atoms with Crippen LogP contribution in [0.5, 0.6) is 0 Å². The molecule has 2 heterocycles. The Bertz CT molecular complexity index is 737. The Kier molecular flexibility index (Phi) is 6.39. The lowest BCUT2D eigenvalue weighted by Crippen LogP contribution is -2.46. The molecule has 1 fully saturated rings. The molecular formula is C20H24N2O3S. The highest BCUT2D eigenvalue weighted by Crippen LogP contribution is 2.16. The lowest BCUT2D eigenvalue weighted by Gasteiger charge is -2.31. The van der Waals surface area contributed by atoms with Crippen LogP contribution in [0.1, 0.15) is 34.5 Å². The van der Waals surface area contributed by atoms with Gasteiger partial charge < -0.3 is 14.6 Å². The molecule has 0 spiro atoms. The van der Waals surface area contributed by atoms with Crippen LogP contribution < -0.4 is 5.32 Å². The van der Waals surface area contributed by atoms with Crippen LogP contribution >= 0.6 is 11.8 Å². The number of amides is 2. The van der Waals surface area contributed by atoms with Gasteiger partial charge in [-0.05, 0) is 37.5 Å². The molecule has 0 atom stereocenters. The van der Waals surface area contributed by atoms with Gasteiger partial charge in [0.15, 0.2) is 5.76 Å². The summed E-state index contributed by atoms with van der Waals surface area (Å²) >= 11 is 1.63. The standard InChI is InChI=1S/C20H24N2O3S/c1-15-4-2-5-16(12-15)13-26-14-19(23)21-17-7-9-22(10-8-17)20(24)18-6-3-11-25-18/h2-6,11-12,17H,7-10,13-14H2,1H3,(H,21,23). The van der Waals surface area contributed by atoms with Crippen LogP contribution in [0.25, 0.3) is 0 Å². The van der Waals surface area contributed by atoms with Gasteiger partial charge in [-0.1, -0.05) is 29.8 Å². The smallest absolute Gasteiger partial charge is 0.289 e. The minimum atomic E-state index is -0.0755. The molecule has 6 heteroatoms. The van der Waals surface area contributed by atoms with Gasteiger partial charge in [0.2, 0.25) is 5.91 Å². The van der Waals surface area contributed by atoms with Crippen molar-refractivity contribution < 1.29 is 14.0 Å². The van der Waals surface area contributed by atoms with E-state index in [2.05, 4.69) is 30.4 Å². The zero-order valence-electron chi connectivity index (χ0n) is 14.9. The first-order chi connectivity index (χ1) is 12.6. The van der Waals surface area contributed by atoms with Gasteiger partial charge in [-0.3, -0.25) is 9.59 Å². The van der Waals surface area contributed by atoms with Gasteiger partial charge in [-0.25, -0.2) is 0 Å². The summed E-state index contributed by atoms with van der Waals surface area (Å²) in [5, 5.41) is 3.09. The van der Waals surface area contributed by atoms with Crippen molar-refractivity contribution in [3.8, 4) is 0 Å². The van der Waals surface area contributed by atoms with E-state index >= 15 is 0 Å². The Morgan fingerprint density at radius 3 is 2.73 bits per heavy atom. The van der Waals surface area contributed by atoms with Crippen LogP contribution in [0, 0.1) is 6.92 Å². The van der Waals surface area contributed by atoms with Crippen molar-refractivity contribution in [2.45, 2.75) is 31.6 Å². The van der Waals surface area contributed by atoms with Gasteiger partial charge in [0.1, 0.15) is 0 Å². The van der Waals surface area contributed by atoms with Crippen LogP contribution in [0.3, 0.4) is 0 Å². The minimum absolute atomic E-state index is 0.0680. The molecule has 1 saturated heterocycles. The average Bonchev–Trinajstić information content (AvgIpc) is 3.16. The number of benzene rings is 1. The van der Waals surface area contributed by atoms with E-state index in [1.807, 2.05) is 6.07 Å². The highest BCUT2D eigenvalue weighted by Gasteiger charge is 2.25. The zero-order valence-corrected chi connectivity index (χ0v) is 15.8. The highest BCUT2D eigenvalue weighted by molar-refractivity contribution is 7.99. The van der Waals surface area contributed by atoms with Crippen LogP contribution in [0.4, 0.5) is 0 Å². The Morgan fingerprint density at radius 1 is 1.23 bits per heavy atom. The zero-order chi connectivity index (χ0) is 18.4. The van der Waals surface area contributed by atoms with E-state index in [-0.39, 0.29) is 17.9 Å². The molecule has 1 aliphatic heterocycles. The van der Waals surface area contributed by atoms with Crippen LogP contribution in [-0.2, 0) is 10.5 Å². The first-order valence-corrected chi connectivity index (χ1v) is 10.0. The second-order valence-electron chi connectivity index (χ2n) is 6.59. The summed E-state index contributed by atoms with van der Waals surface area (Å²) in [6.07, 6.45) is 3.07. The van der Waals surface area contributed by atoms with Gasteiger partial charge in [0.25, 0.3) is 5.91 Å². The number of nitrogens with one attached hydrogen (secondary N) is 1. The number of likely N-dealkylation sites (tertiary alicyclic amines) is 1. The SMILES string of the molecule is Cc1cccc(CSCC(=O)NC2CCN(C(=O)c3ccco3)CC2)c1. The fourth-order valence-electron chi connectivity index (χ4n) is 3.12. The summed E-state index contributed by atoms with van der Waals surface area (Å²) in [7, 11) is 0. The number of hydrogen-bond acceptors (Lipinski definition) is 4. The number of hydrogen-bond donors (Lipinski definition) is 1. The van der Waals surface area contributed by atoms with E-state index in [9.17, 15) is 9.59 Å². The van der Waals surface area contributed by atoms with E-state index in [0.29, 0.717) is 24.6 Å². The maximum Gasteiger partial charge on any atom is 0.289 e. The van der Waals surface area contributed by atoms with E-state index < -0.39 is 0 Å². The van der Waals surface area contributed by atoms with Crippen molar-refractivity contribution in [2.24, 2.45) is 0 Å². The number of aryl methyl sites for hydroxylation is 1. The third-order valence-electron chi connectivity index (χ3n) is 4.46. The van der Waals surface area contributed by atoms with Crippen molar-refractivity contribution in [3.63, 3.8) is 0 Å². The molecule has 26 heavy (non-hydrogen) atoms. The lowest BCUT2D eigenvalue weighted by atomic mass is 10.0. The van der Waals surface area contributed by atoms with Crippen molar-refractivity contribution >= 4 is 23.6 Å². The predicted octanol–water partition coefficient (Wildman–Crippen LogP) is 3.24. The van der Waals surface area contributed by atoms with Crippen molar-refractivity contribution in [3.05, 3.63) is 59.5 Å². The van der Waals surface area contributed by atoms with Gasteiger partial charge in [-0.15, -0.1) is 11.8 Å². The topological polar surface area (TPSA) is 62.6 Å². The molecule has 5 nitrogen and oxygen atoms in total. The molecule has 1 aliphatic rings. The molecule has 2 amide bonds. The molecule has 0 radical (unpaired) electrons. The maximum absolute atomic E-state index is 12.2. The molecule has 3 rings (SSSR count). The minimum Gasteiger partial charge on any atom is -0.459 e. The number of rotatable bonds is 6. The predicted molar refractivity (Wildman–Crippen MR) is 103 cm³/mol. The molecule has 1 aromatic carbocycles. The number of carbonyl (C=O) groups is 2. The molecule has 0 saturated carbocycles. The molecule has 1 aromatic heterocycles. The Labute approximate surface area is 158 Å². The summed E-state index contributed by atoms with van der Waals surface area (Å²) in [5.41, 5.74) is 2.48. The molecule has 0 unspecified atom stereocenters. The summed E-state index contributed by atoms with van der Waals surface area (Å²) in [4.78, 5) is 26.2. The quantitative estimate of drug-likeness (QED) is 0.846. The average molecular weight is 372 g/mol. The summed E-state index contributed by atoms with van der Waals surface area (Å²) < 4.78 is 5.16. The molecule has 138 valence electrons. The molecular weight excluding hydrogens is 348 g/mol. The van der Waals surface area contributed by atoms with Gasteiger partial charge >= 0.3 is 0 Å². The first-order valence-electron chi connectivity index (χ1n) is 8.87. The fourth-order valence-corrected chi connectivity index (χ4v) is 3.90. The second kappa shape index (κ2) is 8.94. The van der Waals surface area contributed by atoms with Crippen LogP contribution in [0.15, 0.2) is 47.1 Å². The molecule has 0 bridgehead atoms. The number of furan rings is 1. The summed E-state index contributed by atoms with van der Waals surface area (Å²) in [6, 6.07) is 11.9. The van der Waals surface area contributed by atoms with Crippen LogP contribution in [-0.4, -0.2) is 41.6 Å². The maximum atomic E-state index is 12.2.